The molecule has 0 bridgehead atoms. The van der Waals surface area contributed by atoms with Crippen LogP contribution in [0.1, 0.15) is 19.3 Å². The fourth-order valence-electron chi connectivity index (χ4n) is 3.02. The largest absolute Gasteiger partial charge is 0.481 e. The Labute approximate surface area is 121 Å². The van der Waals surface area contributed by atoms with Gasteiger partial charge in [-0.15, -0.1) is 0 Å². The van der Waals surface area contributed by atoms with Crippen LogP contribution < -0.4 is 10.1 Å². The quantitative estimate of drug-likeness (QED) is 0.682. The first-order valence-corrected chi connectivity index (χ1v) is 7.03. The monoisotopic (exact) mass is 296 g/mol. The third kappa shape index (κ3) is 2.98. The summed E-state index contributed by atoms with van der Waals surface area (Å²) in [6, 6.07) is 3.35. The lowest BCUT2D eigenvalue weighted by molar-refractivity contribution is -0.386. The fraction of sp³-hybridized carbons (Fsp3) is 0.571. The average molecular weight is 296 g/mol. The second kappa shape index (κ2) is 5.57. The van der Waals surface area contributed by atoms with Gasteiger partial charge in [0.1, 0.15) is 11.9 Å². The predicted octanol–water partition coefficient (Wildman–Crippen LogP) is 2.02. The molecule has 0 aromatic heterocycles. The molecule has 1 aromatic carbocycles. The number of piperidine rings is 1. The van der Waals surface area contributed by atoms with Crippen LogP contribution in [0, 0.1) is 15.9 Å². The molecular weight excluding hydrogens is 279 g/mol. The van der Waals surface area contributed by atoms with Crippen molar-refractivity contribution in [2.24, 2.45) is 0 Å². The SMILES string of the molecule is O=[N+]([O-])c1cc(F)ccc1OC1COC2(CCNCC2)C1. The molecule has 1 N–H and O–H groups in total. The van der Waals surface area contributed by atoms with Gasteiger partial charge in [0.25, 0.3) is 0 Å². The van der Waals surface area contributed by atoms with Crippen molar-refractivity contribution < 1.29 is 18.8 Å². The molecule has 2 aliphatic rings. The summed E-state index contributed by atoms with van der Waals surface area (Å²) in [5, 5.41) is 14.2. The maximum atomic E-state index is 13.1. The number of hydrogen-bond donors (Lipinski definition) is 1. The smallest absolute Gasteiger partial charge is 0.313 e. The minimum atomic E-state index is -0.647. The van der Waals surface area contributed by atoms with E-state index in [1.165, 1.54) is 12.1 Å². The fourth-order valence-corrected chi connectivity index (χ4v) is 3.02. The summed E-state index contributed by atoms with van der Waals surface area (Å²) in [4.78, 5) is 10.3. The molecule has 1 unspecified atom stereocenters. The second-order valence-corrected chi connectivity index (χ2v) is 5.56. The highest BCUT2D eigenvalue weighted by Gasteiger charge is 2.42. The molecule has 0 aliphatic carbocycles. The van der Waals surface area contributed by atoms with Crippen LogP contribution in [0.3, 0.4) is 0 Å². The molecule has 21 heavy (non-hydrogen) atoms. The highest BCUT2D eigenvalue weighted by molar-refractivity contribution is 5.46. The highest BCUT2D eigenvalue weighted by Crippen LogP contribution is 2.37. The standard InChI is InChI=1S/C14H17FN2O4/c15-10-1-2-13(12(7-10)17(18)19)21-11-8-14(20-9-11)3-5-16-6-4-14/h1-2,7,11,16H,3-6,8-9H2. The van der Waals surface area contributed by atoms with E-state index in [1.54, 1.807) is 0 Å². The lowest BCUT2D eigenvalue weighted by atomic mass is 9.89. The number of halogens is 1. The average Bonchev–Trinajstić information content (AvgIpc) is 2.84. The number of nitrogens with zero attached hydrogens (tertiary/aromatic N) is 1. The van der Waals surface area contributed by atoms with Crippen LogP contribution in [0.15, 0.2) is 18.2 Å². The van der Waals surface area contributed by atoms with Crippen molar-refractivity contribution in [3.8, 4) is 5.75 Å². The van der Waals surface area contributed by atoms with Gasteiger partial charge in [-0.1, -0.05) is 0 Å². The van der Waals surface area contributed by atoms with Gasteiger partial charge in [-0.2, -0.15) is 0 Å². The third-order valence-corrected chi connectivity index (χ3v) is 4.10. The molecule has 3 rings (SSSR count). The molecule has 6 nitrogen and oxygen atoms in total. The molecule has 7 heteroatoms. The molecular formula is C14H17FN2O4. The van der Waals surface area contributed by atoms with Crippen molar-refractivity contribution in [3.63, 3.8) is 0 Å². The van der Waals surface area contributed by atoms with E-state index in [0.29, 0.717) is 13.0 Å². The van der Waals surface area contributed by atoms with Gasteiger partial charge in [-0.05, 0) is 38.1 Å². The Balaban J connectivity index is 1.72. The van der Waals surface area contributed by atoms with Gasteiger partial charge in [0.15, 0.2) is 5.75 Å². The summed E-state index contributed by atoms with van der Waals surface area (Å²) in [7, 11) is 0. The van der Waals surface area contributed by atoms with Crippen molar-refractivity contribution in [3.05, 3.63) is 34.1 Å². The van der Waals surface area contributed by atoms with Gasteiger partial charge in [0, 0.05) is 6.42 Å². The maximum absolute atomic E-state index is 13.1. The lowest BCUT2D eigenvalue weighted by Crippen LogP contribution is -2.41. The van der Waals surface area contributed by atoms with E-state index < -0.39 is 10.7 Å². The number of nitro benzene ring substituents is 1. The number of rotatable bonds is 3. The van der Waals surface area contributed by atoms with Gasteiger partial charge in [-0.25, -0.2) is 4.39 Å². The van der Waals surface area contributed by atoms with E-state index in [9.17, 15) is 14.5 Å². The van der Waals surface area contributed by atoms with E-state index in [4.69, 9.17) is 9.47 Å². The Morgan fingerprint density at radius 2 is 2.19 bits per heavy atom. The van der Waals surface area contributed by atoms with Gasteiger partial charge < -0.3 is 14.8 Å². The van der Waals surface area contributed by atoms with Crippen LogP contribution in [0.2, 0.25) is 0 Å². The van der Waals surface area contributed by atoms with Gasteiger partial charge >= 0.3 is 5.69 Å². The number of nitrogens with one attached hydrogen (secondary N) is 1. The van der Waals surface area contributed by atoms with E-state index in [-0.39, 0.29) is 23.1 Å². The van der Waals surface area contributed by atoms with E-state index in [1.807, 2.05) is 0 Å². The van der Waals surface area contributed by atoms with Crippen LogP contribution in [-0.4, -0.2) is 36.3 Å². The topological polar surface area (TPSA) is 73.6 Å². The van der Waals surface area contributed by atoms with E-state index in [2.05, 4.69) is 5.32 Å². The predicted molar refractivity (Wildman–Crippen MR) is 72.9 cm³/mol. The molecule has 0 saturated carbocycles. The van der Waals surface area contributed by atoms with Crippen molar-refractivity contribution in [1.29, 1.82) is 0 Å². The van der Waals surface area contributed by atoms with Gasteiger partial charge in [0.05, 0.1) is 23.2 Å². The van der Waals surface area contributed by atoms with Crippen LogP contribution in [0.25, 0.3) is 0 Å². The van der Waals surface area contributed by atoms with Crippen molar-refractivity contribution in [2.45, 2.75) is 31.0 Å². The highest BCUT2D eigenvalue weighted by atomic mass is 19.1. The Bertz CT molecular complexity index is 546. The number of ether oxygens (including phenoxy) is 2. The normalized spacial score (nSPS) is 24.1. The molecule has 2 fully saturated rings. The molecule has 1 aromatic rings. The number of nitro groups is 1. The van der Waals surface area contributed by atoms with Crippen LogP contribution in [0.4, 0.5) is 10.1 Å². The van der Waals surface area contributed by atoms with Gasteiger partial charge in [-0.3, -0.25) is 10.1 Å². The molecule has 2 heterocycles. The van der Waals surface area contributed by atoms with Crippen molar-refractivity contribution >= 4 is 5.69 Å². The Morgan fingerprint density at radius 3 is 2.90 bits per heavy atom. The zero-order chi connectivity index (χ0) is 14.9. The molecule has 2 aliphatic heterocycles. The van der Waals surface area contributed by atoms with Crippen molar-refractivity contribution in [2.75, 3.05) is 19.7 Å². The number of benzene rings is 1. The van der Waals surface area contributed by atoms with Crippen LogP contribution in [-0.2, 0) is 4.74 Å². The molecule has 114 valence electrons. The molecule has 0 amide bonds. The lowest BCUT2D eigenvalue weighted by Gasteiger charge is -2.32. The van der Waals surface area contributed by atoms with Crippen LogP contribution >= 0.6 is 0 Å². The summed E-state index contributed by atoms with van der Waals surface area (Å²) >= 11 is 0. The summed E-state index contributed by atoms with van der Waals surface area (Å²) in [5.74, 6) is -0.549. The van der Waals surface area contributed by atoms with Crippen molar-refractivity contribution in [1.82, 2.24) is 5.32 Å². The minimum absolute atomic E-state index is 0.0981. The first-order valence-electron chi connectivity index (χ1n) is 7.03. The molecule has 1 atom stereocenters. The molecule has 2 saturated heterocycles. The van der Waals surface area contributed by atoms with E-state index >= 15 is 0 Å². The zero-order valence-electron chi connectivity index (χ0n) is 11.5. The summed E-state index contributed by atoms with van der Waals surface area (Å²) < 4.78 is 24.7. The summed E-state index contributed by atoms with van der Waals surface area (Å²) in [6.07, 6.45) is 2.31. The van der Waals surface area contributed by atoms with Gasteiger partial charge in [0.2, 0.25) is 0 Å². The van der Waals surface area contributed by atoms with Crippen LogP contribution in [0.5, 0.6) is 5.75 Å². The summed E-state index contributed by atoms with van der Waals surface area (Å²) in [5.41, 5.74) is -0.522. The Morgan fingerprint density at radius 1 is 1.43 bits per heavy atom. The Hall–Kier alpha value is -1.73. The summed E-state index contributed by atoms with van der Waals surface area (Å²) in [6.45, 7) is 2.22. The molecule has 0 radical (unpaired) electrons. The minimum Gasteiger partial charge on any atom is -0.481 e. The first-order chi connectivity index (χ1) is 10.1. The first kappa shape index (κ1) is 14.2. The number of hydrogen-bond acceptors (Lipinski definition) is 5. The maximum Gasteiger partial charge on any atom is 0.313 e. The zero-order valence-corrected chi connectivity index (χ0v) is 11.5. The molecule has 1 spiro atoms. The third-order valence-electron chi connectivity index (χ3n) is 4.10. The second-order valence-electron chi connectivity index (χ2n) is 5.56. The van der Waals surface area contributed by atoms with E-state index in [0.717, 1.165) is 32.0 Å². The Kier molecular flexibility index (Phi) is 3.77.